The average Bonchev–Trinajstić information content (AvgIpc) is 2.88. The first kappa shape index (κ1) is 27.3. The topological polar surface area (TPSA) is 102 Å². The summed E-state index contributed by atoms with van der Waals surface area (Å²) in [7, 11) is -4.02. The van der Waals surface area contributed by atoms with Gasteiger partial charge in [-0.25, -0.2) is 0 Å². The van der Waals surface area contributed by atoms with Crippen molar-refractivity contribution in [3.63, 3.8) is 0 Å². The highest BCUT2D eigenvalue weighted by Gasteiger charge is 2.29. The van der Waals surface area contributed by atoms with Crippen molar-refractivity contribution in [3.8, 4) is 0 Å². The van der Waals surface area contributed by atoms with Gasteiger partial charge in [0.2, 0.25) is 5.91 Å². The fourth-order valence-corrected chi connectivity index (χ4v) is 4.83. The Hall–Kier alpha value is -3.25. The predicted molar refractivity (Wildman–Crippen MR) is 138 cm³/mol. The SMILES string of the molecule is O=C(CCNC(=O)[C@H](Cc1ccccc1)OP(=O)(O)CCCc1ccccc1)OCc1ccccc1. The summed E-state index contributed by atoms with van der Waals surface area (Å²) in [5, 5.41) is 2.64. The third kappa shape index (κ3) is 10.2. The Balaban J connectivity index is 1.51. The van der Waals surface area contributed by atoms with Crippen LogP contribution in [0.4, 0.5) is 0 Å². The molecule has 0 saturated heterocycles. The van der Waals surface area contributed by atoms with Crippen LogP contribution < -0.4 is 5.32 Å². The van der Waals surface area contributed by atoms with Crippen molar-refractivity contribution in [1.29, 1.82) is 0 Å². The summed E-state index contributed by atoms with van der Waals surface area (Å²) in [6.45, 7) is 0.189. The van der Waals surface area contributed by atoms with Gasteiger partial charge in [0.05, 0.1) is 12.6 Å². The molecule has 0 saturated carbocycles. The molecule has 0 aliphatic rings. The number of ether oxygens (including phenoxy) is 1. The summed E-state index contributed by atoms with van der Waals surface area (Å²) >= 11 is 0. The second-order valence-corrected chi connectivity index (χ2v) is 10.4. The molecule has 0 aliphatic carbocycles. The molecular formula is C28H32NO6P. The Labute approximate surface area is 212 Å². The Morgan fingerprint density at radius 3 is 2.00 bits per heavy atom. The fraction of sp³-hybridized carbons (Fsp3) is 0.286. The largest absolute Gasteiger partial charge is 0.461 e. The zero-order valence-corrected chi connectivity index (χ0v) is 21.0. The smallest absolute Gasteiger partial charge is 0.328 e. The van der Waals surface area contributed by atoms with Crippen LogP contribution in [0.15, 0.2) is 91.0 Å². The number of nitrogens with one attached hydrogen (secondary N) is 1. The predicted octanol–water partition coefficient (Wildman–Crippen LogP) is 4.68. The molecule has 8 heteroatoms. The van der Waals surface area contributed by atoms with E-state index in [0.717, 1.165) is 16.7 Å². The number of hydrogen-bond acceptors (Lipinski definition) is 5. The second kappa shape index (κ2) is 14.3. The van der Waals surface area contributed by atoms with Gasteiger partial charge in [-0.2, -0.15) is 0 Å². The lowest BCUT2D eigenvalue weighted by Gasteiger charge is -2.21. The van der Waals surface area contributed by atoms with Gasteiger partial charge in [-0.05, 0) is 29.5 Å². The summed E-state index contributed by atoms with van der Waals surface area (Å²) in [4.78, 5) is 35.4. The van der Waals surface area contributed by atoms with Gasteiger partial charge in [-0.15, -0.1) is 0 Å². The zero-order valence-electron chi connectivity index (χ0n) is 20.1. The number of aryl methyl sites for hydroxylation is 1. The minimum atomic E-state index is -4.02. The van der Waals surface area contributed by atoms with Crippen LogP contribution in [0.2, 0.25) is 0 Å². The van der Waals surface area contributed by atoms with E-state index in [1.165, 1.54) is 0 Å². The maximum absolute atomic E-state index is 12.9. The highest BCUT2D eigenvalue weighted by atomic mass is 31.2. The minimum absolute atomic E-state index is 0.0233. The lowest BCUT2D eigenvalue weighted by molar-refractivity contribution is -0.144. The molecule has 1 amide bonds. The summed E-state index contributed by atoms with van der Waals surface area (Å²) in [5.74, 6) is -1.000. The second-order valence-electron chi connectivity index (χ2n) is 8.42. The number of amides is 1. The summed E-state index contributed by atoms with van der Waals surface area (Å²) in [6.07, 6.45) is -0.0362. The molecule has 190 valence electrons. The number of esters is 1. The van der Waals surface area contributed by atoms with E-state index in [1.807, 2.05) is 91.0 Å². The summed E-state index contributed by atoms with van der Waals surface area (Å²) in [6, 6.07) is 28.1. The normalized spacial score (nSPS) is 13.4. The molecule has 2 N–H and O–H groups in total. The van der Waals surface area contributed by atoms with Crippen LogP contribution in [0.25, 0.3) is 0 Å². The summed E-state index contributed by atoms with van der Waals surface area (Å²) < 4.78 is 23.5. The molecule has 0 bridgehead atoms. The molecule has 3 aromatic carbocycles. The van der Waals surface area contributed by atoms with Crippen LogP contribution in [-0.4, -0.2) is 35.6 Å². The third-order valence-corrected chi connectivity index (χ3v) is 6.93. The quantitative estimate of drug-likeness (QED) is 0.242. The van der Waals surface area contributed by atoms with Crippen LogP contribution in [0.3, 0.4) is 0 Å². The van der Waals surface area contributed by atoms with Gasteiger partial charge in [0.25, 0.3) is 0 Å². The van der Waals surface area contributed by atoms with Crippen LogP contribution in [0.5, 0.6) is 0 Å². The Morgan fingerprint density at radius 2 is 1.39 bits per heavy atom. The monoisotopic (exact) mass is 509 g/mol. The molecule has 0 heterocycles. The van der Waals surface area contributed by atoms with Crippen molar-refractivity contribution in [2.75, 3.05) is 12.7 Å². The highest BCUT2D eigenvalue weighted by Crippen LogP contribution is 2.44. The first-order valence-electron chi connectivity index (χ1n) is 12.0. The van der Waals surface area contributed by atoms with Gasteiger partial charge in [-0.1, -0.05) is 91.0 Å². The van der Waals surface area contributed by atoms with E-state index in [2.05, 4.69) is 5.32 Å². The molecular weight excluding hydrogens is 477 g/mol. The lowest BCUT2D eigenvalue weighted by atomic mass is 10.1. The molecule has 0 radical (unpaired) electrons. The van der Waals surface area contributed by atoms with E-state index in [4.69, 9.17) is 9.26 Å². The van der Waals surface area contributed by atoms with E-state index in [9.17, 15) is 19.0 Å². The van der Waals surface area contributed by atoms with Crippen molar-refractivity contribution in [1.82, 2.24) is 5.32 Å². The average molecular weight is 510 g/mol. The Morgan fingerprint density at radius 1 is 0.833 bits per heavy atom. The number of hydrogen-bond donors (Lipinski definition) is 2. The molecule has 0 fully saturated rings. The molecule has 3 aromatic rings. The van der Waals surface area contributed by atoms with Crippen LogP contribution in [0.1, 0.15) is 29.5 Å². The van der Waals surface area contributed by atoms with E-state index in [1.54, 1.807) is 0 Å². The van der Waals surface area contributed by atoms with Gasteiger partial charge in [0.15, 0.2) is 0 Å². The van der Waals surface area contributed by atoms with E-state index >= 15 is 0 Å². The molecule has 0 aliphatic heterocycles. The van der Waals surface area contributed by atoms with Gasteiger partial charge in [0, 0.05) is 13.0 Å². The number of benzene rings is 3. The third-order valence-electron chi connectivity index (χ3n) is 5.47. The van der Waals surface area contributed by atoms with Crippen molar-refractivity contribution in [3.05, 3.63) is 108 Å². The lowest BCUT2D eigenvalue weighted by Crippen LogP contribution is -2.38. The molecule has 2 atom stereocenters. The highest BCUT2D eigenvalue weighted by molar-refractivity contribution is 7.52. The summed E-state index contributed by atoms with van der Waals surface area (Å²) in [5.41, 5.74) is 2.73. The molecule has 1 unspecified atom stereocenters. The molecule has 3 rings (SSSR count). The zero-order chi connectivity index (χ0) is 25.6. The van der Waals surface area contributed by atoms with Crippen molar-refractivity contribution in [2.45, 2.75) is 38.4 Å². The van der Waals surface area contributed by atoms with Gasteiger partial charge in [0.1, 0.15) is 12.7 Å². The maximum atomic E-state index is 12.9. The molecule has 0 spiro atoms. The van der Waals surface area contributed by atoms with Gasteiger partial charge in [-0.3, -0.25) is 18.7 Å². The molecule has 0 aromatic heterocycles. The first-order valence-corrected chi connectivity index (χ1v) is 13.7. The standard InChI is InChI=1S/C28H32NO6P/c30-27(34-22-25-15-8-3-9-16-25)18-19-29-28(31)26(21-24-13-6-2-7-14-24)35-36(32,33)20-10-17-23-11-4-1-5-12-23/h1-9,11-16,26H,10,17-22H2,(H,29,31)(H,32,33)/t26-/m0/s1. The van der Waals surface area contributed by atoms with Crippen LogP contribution in [-0.2, 0) is 42.9 Å². The van der Waals surface area contributed by atoms with E-state index < -0.39 is 25.6 Å². The number of carbonyl (C=O) groups excluding carboxylic acids is 2. The van der Waals surface area contributed by atoms with Crippen molar-refractivity contribution < 1.29 is 28.3 Å². The van der Waals surface area contributed by atoms with E-state index in [0.29, 0.717) is 12.8 Å². The maximum Gasteiger partial charge on any atom is 0.328 e. The first-order chi connectivity index (χ1) is 17.4. The van der Waals surface area contributed by atoms with Gasteiger partial charge < -0.3 is 14.9 Å². The minimum Gasteiger partial charge on any atom is -0.461 e. The Kier molecular flexibility index (Phi) is 10.9. The van der Waals surface area contributed by atoms with Crippen molar-refractivity contribution in [2.24, 2.45) is 0 Å². The van der Waals surface area contributed by atoms with Crippen LogP contribution >= 0.6 is 7.60 Å². The van der Waals surface area contributed by atoms with Crippen LogP contribution in [0, 0.1) is 0 Å². The van der Waals surface area contributed by atoms with Gasteiger partial charge >= 0.3 is 13.6 Å². The van der Waals surface area contributed by atoms with E-state index in [-0.39, 0.29) is 32.2 Å². The number of carbonyl (C=O) groups is 2. The fourth-order valence-electron chi connectivity index (χ4n) is 3.60. The molecule has 7 nitrogen and oxygen atoms in total. The number of rotatable bonds is 14. The van der Waals surface area contributed by atoms with Crippen molar-refractivity contribution >= 4 is 19.5 Å². The molecule has 36 heavy (non-hydrogen) atoms. The Bertz CT molecular complexity index is 1120.